The summed E-state index contributed by atoms with van der Waals surface area (Å²) in [6.07, 6.45) is 5.47. The summed E-state index contributed by atoms with van der Waals surface area (Å²) in [6, 6.07) is 0.468. The van der Waals surface area contributed by atoms with E-state index in [1.54, 1.807) is 6.08 Å². The monoisotopic (exact) mass is 212 g/mol. The summed E-state index contributed by atoms with van der Waals surface area (Å²) in [7, 11) is 0. The molecule has 0 aromatic rings. The first kappa shape index (κ1) is 11.3. The summed E-state index contributed by atoms with van der Waals surface area (Å²) in [5.41, 5.74) is 0.928. The van der Waals surface area contributed by atoms with Crippen molar-refractivity contribution in [2.24, 2.45) is 4.99 Å². The van der Waals surface area contributed by atoms with E-state index in [0.717, 1.165) is 11.4 Å². The lowest BCUT2D eigenvalue weighted by molar-refractivity contribution is 0.419. The number of aliphatic imine (C=N–C) groups is 1. The van der Waals surface area contributed by atoms with Crippen LogP contribution in [0.3, 0.4) is 0 Å². The number of nitrogens with one attached hydrogen (secondary N) is 1. The highest BCUT2D eigenvalue weighted by Crippen LogP contribution is 2.22. The summed E-state index contributed by atoms with van der Waals surface area (Å²) in [5.74, 6) is 0.817. The minimum absolute atomic E-state index is 0.468. The molecule has 1 rings (SSSR count). The Bertz CT molecular complexity index is 275. The second-order valence-corrected chi connectivity index (χ2v) is 4.01. The number of rotatable bonds is 3. The molecule has 1 N–H and O–H groups in total. The molecule has 1 saturated carbocycles. The highest BCUT2D eigenvalue weighted by molar-refractivity contribution is 6.30. The molecule has 0 spiro atoms. The zero-order chi connectivity index (χ0) is 10.6. The average molecular weight is 213 g/mol. The molecular formula is C11H17ClN2. The molecule has 0 bridgehead atoms. The molecule has 0 heterocycles. The first-order chi connectivity index (χ1) is 6.63. The summed E-state index contributed by atoms with van der Waals surface area (Å²) in [6.45, 7) is 7.69. The summed E-state index contributed by atoms with van der Waals surface area (Å²) < 4.78 is 0. The van der Waals surface area contributed by atoms with Gasteiger partial charge in [-0.1, -0.05) is 24.3 Å². The van der Waals surface area contributed by atoms with Crippen molar-refractivity contribution in [3.63, 3.8) is 0 Å². The molecule has 0 amide bonds. The summed E-state index contributed by atoms with van der Waals surface area (Å²) in [5, 5.41) is 3.65. The SMILES string of the molecule is C=C(C)C(=NC1CCC1)N/C(Cl)=C\C. The van der Waals surface area contributed by atoms with Gasteiger partial charge in [0.1, 0.15) is 11.0 Å². The number of nitrogens with zero attached hydrogens (tertiary/aromatic N) is 1. The third-order valence-electron chi connectivity index (χ3n) is 2.28. The van der Waals surface area contributed by atoms with Crippen molar-refractivity contribution in [3.05, 3.63) is 23.4 Å². The van der Waals surface area contributed by atoms with E-state index in [1.807, 2.05) is 13.8 Å². The molecule has 0 saturated heterocycles. The molecule has 1 fully saturated rings. The Morgan fingerprint density at radius 3 is 2.57 bits per heavy atom. The predicted octanol–water partition coefficient (Wildman–Crippen LogP) is 3.20. The smallest absolute Gasteiger partial charge is 0.128 e. The van der Waals surface area contributed by atoms with Gasteiger partial charge >= 0.3 is 0 Å². The fraction of sp³-hybridized carbons (Fsp3) is 0.545. The number of halogens is 1. The van der Waals surface area contributed by atoms with Gasteiger partial charge in [0, 0.05) is 0 Å². The van der Waals surface area contributed by atoms with Gasteiger partial charge in [-0.05, 0) is 38.7 Å². The van der Waals surface area contributed by atoms with Crippen LogP contribution in [0.15, 0.2) is 28.4 Å². The predicted molar refractivity (Wildman–Crippen MR) is 62.6 cm³/mol. The normalized spacial score (nSPS) is 19.1. The lowest BCUT2D eigenvalue weighted by Crippen LogP contribution is -2.26. The zero-order valence-corrected chi connectivity index (χ0v) is 9.56. The Balaban J connectivity index is 2.63. The number of hydrogen-bond donors (Lipinski definition) is 1. The van der Waals surface area contributed by atoms with Crippen LogP contribution in [-0.4, -0.2) is 11.9 Å². The van der Waals surface area contributed by atoms with Gasteiger partial charge in [-0.3, -0.25) is 4.99 Å². The first-order valence-corrected chi connectivity index (χ1v) is 5.33. The van der Waals surface area contributed by atoms with Gasteiger partial charge in [0.25, 0.3) is 0 Å². The van der Waals surface area contributed by atoms with E-state index in [2.05, 4.69) is 16.9 Å². The zero-order valence-electron chi connectivity index (χ0n) is 8.81. The number of amidine groups is 1. The third-order valence-corrected chi connectivity index (χ3v) is 2.59. The van der Waals surface area contributed by atoms with E-state index in [9.17, 15) is 0 Å². The molecule has 0 unspecified atom stereocenters. The van der Waals surface area contributed by atoms with Crippen LogP contribution in [0, 0.1) is 0 Å². The quantitative estimate of drug-likeness (QED) is 0.434. The van der Waals surface area contributed by atoms with Crippen LogP contribution in [0.4, 0.5) is 0 Å². The lowest BCUT2D eigenvalue weighted by atomic mass is 9.94. The van der Waals surface area contributed by atoms with Gasteiger partial charge in [0.05, 0.1) is 6.04 Å². The van der Waals surface area contributed by atoms with Gasteiger partial charge in [-0.2, -0.15) is 0 Å². The molecule has 3 heteroatoms. The number of allylic oxidation sites excluding steroid dienone is 1. The van der Waals surface area contributed by atoms with Gasteiger partial charge in [0.15, 0.2) is 0 Å². The van der Waals surface area contributed by atoms with Crippen molar-refractivity contribution >= 4 is 17.4 Å². The minimum atomic E-state index is 0.468. The third kappa shape index (κ3) is 3.18. The van der Waals surface area contributed by atoms with Crippen molar-refractivity contribution in [1.82, 2.24) is 5.32 Å². The standard InChI is InChI=1S/C11H17ClN2/c1-4-10(12)14-11(8(2)3)13-9-6-5-7-9/h4,9H,2,5-7H2,1,3H3,(H,13,14)/b10-4-. The Morgan fingerprint density at radius 2 is 2.21 bits per heavy atom. The van der Waals surface area contributed by atoms with Crippen LogP contribution >= 0.6 is 11.6 Å². The van der Waals surface area contributed by atoms with Crippen molar-refractivity contribution in [2.75, 3.05) is 0 Å². The highest BCUT2D eigenvalue weighted by atomic mass is 35.5. The molecule has 0 atom stereocenters. The largest absolute Gasteiger partial charge is 0.331 e. The van der Waals surface area contributed by atoms with Crippen LogP contribution in [0.2, 0.25) is 0 Å². The highest BCUT2D eigenvalue weighted by Gasteiger charge is 2.17. The molecule has 14 heavy (non-hydrogen) atoms. The molecule has 0 aromatic heterocycles. The Labute approximate surface area is 90.8 Å². The van der Waals surface area contributed by atoms with E-state index >= 15 is 0 Å². The van der Waals surface area contributed by atoms with Gasteiger partial charge in [0.2, 0.25) is 0 Å². The second kappa shape index (κ2) is 5.20. The fourth-order valence-electron chi connectivity index (χ4n) is 1.13. The molecule has 0 aromatic carbocycles. The Morgan fingerprint density at radius 1 is 1.57 bits per heavy atom. The van der Waals surface area contributed by atoms with Crippen LogP contribution in [0.25, 0.3) is 0 Å². The second-order valence-electron chi connectivity index (χ2n) is 3.60. The maximum Gasteiger partial charge on any atom is 0.128 e. The van der Waals surface area contributed by atoms with Crippen molar-refractivity contribution in [3.8, 4) is 0 Å². The summed E-state index contributed by atoms with van der Waals surface area (Å²) >= 11 is 5.88. The molecular weight excluding hydrogens is 196 g/mol. The van der Waals surface area contributed by atoms with Crippen LogP contribution < -0.4 is 5.32 Å². The first-order valence-electron chi connectivity index (χ1n) is 4.96. The molecule has 1 aliphatic carbocycles. The van der Waals surface area contributed by atoms with Gasteiger partial charge in [-0.15, -0.1) is 0 Å². The molecule has 78 valence electrons. The molecule has 2 nitrogen and oxygen atoms in total. The van der Waals surface area contributed by atoms with E-state index in [-0.39, 0.29) is 0 Å². The van der Waals surface area contributed by atoms with Crippen LogP contribution in [0.1, 0.15) is 33.1 Å². The van der Waals surface area contributed by atoms with E-state index < -0.39 is 0 Å². The van der Waals surface area contributed by atoms with Gasteiger partial charge in [-0.25, -0.2) is 0 Å². The van der Waals surface area contributed by atoms with Crippen LogP contribution in [-0.2, 0) is 0 Å². The molecule has 0 radical (unpaired) electrons. The maximum atomic E-state index is 5.88. The van der Waals surface area contributed by atoms with Gasteiger partial charge < -0.3 is 5.32 Å². The van der Waals surface area contributed by atoms with Crippen molar-refractivity contribution in [1.29, 1.82) is 0 Å². The van der Waals surface area contributed by atoms with Crippen molar-refractivity contribution in [2.45, 2.75) is 39.2 Å². The van der Waals surface area contributed by atoms with Crippen LogP contribution in [0.5, 0.6) is 0 Å². The summed E-state index contributed by atoms with van der Waals surface area (Å²) in [4.78, 5) is 4.55. The molecule has 0 aliphatic heterocycles. The van der Waals surface area contributed by atoms with E-state index in [0.29, 0.717) is 11.2 Å². The lowest BCUT2D eigenvalue weighted by Gasteiger charge is -2.22. The van der Waals surface area contributed by atoms with Crippen molar-refractivity contribution < 1.29 is 0 Å². The number of hydrogen-bond acceptors (Lipinski definition) is 1. The van der Waals surface area contributed by atoms with E-state index in [1.165, 1.54) is 19.3 Å². The fourth-order valence-corrected chi connectivity index (χ4v) is 1.22. The average Bonchev–Trinajstić information content (AvgIpc) is 2.08. The Hall–Kier alpha value is -0.760. The van der Waals surface area contributed by atoms with E-state index in [4.69, 9.17) is 11.6 Å². The molecule has 1 aliphatic rings. The topological polar surface area (TPSA) is 24.4 Å². The Kier molecular flexibility index (Phi) is 4.21. The maximum absolute atomic E-state index is 5.88. The minimum Gasteiger partial charge on any atom is -0.331 e.